The molecule has 0 bridgehead atoms. The number of carbonyl (C=O) groups excluding carboxylic acids is 2. The van der Waals surface area contributed by atoms with E-state index in [-0.39, 0.29) is 18.1 Å². The smallest absolute Gasteiger partial charge is 0.428 e. The third-order valence-corrected chi connectivity index (χ3v) is 2.88. The van der Waals surface area contributed by atoms with Crippen LogP contribution in [0.3, 0.4) is 0 Å². The second kappa shape index (κ2) is 7.47. The van der Waals surface area contributed by atoms with Gasteiger partial charge in [0.1, 0.15) is 18.2 Å². The van der Waals surface area contributed by atoms with E-state index < -0.39 is 6.09 Å². The Labute approximate surface area is 121 Å². The highest BCUT2D eigenvalue weighted by Crippen LogP contribution is 2.12. The molecule has 0 saturated carbocycles. The Morgan fingerprint density at radius 3 is 3.00 bits per heavy atom. The van der Waals surface area contributed by atoms with Crippen molar-refractivity contribution >= 4 is 12.0 Å². The highest BCUT2D eigenvalue weighted by molar-refractivity contribution is 5.79. The summed E-state index contributed by atoms with van der Waals surface area (Å²) in [6.07, 6.45) is 1.03. The Bertz CT molecular complexity index is 510. The molecule has 1 aromatic carbocycles. The maximum Gasteiger partial charge on any atom is 0.428 e. The fraction of sp³-hybridized carbons (Fsp3) is 0.429. The van der Waals surface area contributed by atoms with Gasteiger partial charge in [-0.3, -0.25) is 10.2 Å². The first-order chi connectivity index (χ1) is 10.1. The lowest BCUT2D eigenvalue weighted by molar-refractivity contribution is -0.124. The van der Waals surface area contributed by atoms with E-state index in [4.69, 9.17) is 4.74 Å². The van der Waals surface area contributed by atoms with Crippen LogP contribution < -0.4 is 10.2 Å². The molecule has 6 nitrogen and oxygen atoms in total. The second-order valence-electron chi connectivity index (χ2n) is 4.56. The van der Waals surface area contributed by atoms with Gasteiger partial charge in [0.15, 0.2) is 0 Å². The average Bonchev–Trinajstić information content (AvgIpc) is 2.84. The van der Waals surface area contributed by atoms with Crippen LogP contribution in [0.2, 0.25) is 0 Å². The number of unbranched alkanes of at least 4 members (excludes halogenated alkanes) is 1. The molecule has 1 heterocycles. The van der Waals surface area contributed by atoms with Gasteiger partial charge in [0, 0.05) is 12.5 Å². The molecule has 0 spiro atoms. The van der Waals surface area contributed by atoms with Gasteiger partial charge in [0.2, 0.25) is 5.91 Å². The second-order valence-corrected chi connectivity index (χ2v) is 4.56. The number of nitrogens with zero attached hydrogens (tertiary/aromatic N) is 1. The quantitative estimate of drug-likeness (QED) is 0.780. The van der Waals surface area contributed by atoms with Crippen molar-refractivity contribution in [2.45, 2.75) is 19.3 Å². The third-order valence-electron chi connectivity index (χ3n) is 2.88. The number of rotatable bonds is 7. The molecule has 1 aliphatic heterocycles. The van der Waals surface area contributed by atoms with E-state index in [1.54, 1.807) is 12.1 Å². The van der Waals surface area contributed by atoms with Gasteiger partial charge in [-0.2, -0.15) is 0 Å². The van der Waals surface area contributed by atoms with Crippen LogP contribution in [0.1, 0.15) is 19.3 Å². The van der Waals surface area contributed by atoms with Crippen LogP contribution in [0.5, 0.6) is 5.75 Å². The van der Waals surface area contributed by atoms with Crippen molar-refractivity contribution in [3.63, 3.8) is 0 Å². The fourth-order valence-corrected chi connectivity index (χ4v) is 1.84. The zero-order valence-corrected chi connectivity index (χ0v) is 11.5. The highest BCUT2D eigenvalue weighted by atomic mass is 19.1. The summed E-state index contributed by atoms with van der Waals surface area (Å²) in [6.45, 7) is 1.07. The lowest BCUT2D eigenvalue weighted by Gasteiger charge is -2.13. The molecule has 1 fully saturated rings. The number of cyclic esters (lactones) is 1. The van der Waals surface area contributed by atoms with Crippen LogP contribution in [0.15, 0.2) is 24.3 Å². The van der Waals surface area contributed by atoms with Gasteiger partial charge in [0.25, 0.3) is 0 Å². The molecule has 21 heavy (non-hydrogen) atoms. The normalized spacial score (nSPS) is 14.0. The monoisotopic (exact) mass is 296 g/mol. The maximum absolute atomic E-state index is 12.9. The average molecular weight is 296 g/mol. The minimum atomic E-state index is -0.530. The van der Waals surface area contributed by atoms with E-state index in [0.29, 0.717) is 38.3 Å². The van der Waals surface area contributed by atoms with Gasteiger partial charge in [-0.05, 0) is 25.0 Å². The summed E-state index contributed by atoms with van der Waals surface area (Å²) in [5.74, 6) is -0.108. The number of halogens is 1. The largest absolute Gasteiger partial charge is 0.493 e. The zero-order chi connectivity index (χ0) is 15.1. The molecule has 2 amide bonds. The number of nitrogens with one attached hydrogen (secondary N) is 1. The summed E-state index contributed by atoms with van der Waals surface area (Å²) in [6, 6.07) is 5.91. The van der Waals surface area contributed by atoms with Gasteiger partial charge in [-0.25, -0.2) is 14.2 Å². The predicted octanol–water partition coefficient (Wildman–Crippen LogP) is 1.86. The van der Waals surface area contributed by atoms with Crippen molar-refractivity contribution in [2.75, 3.05) is 19.8 Å². The number of hydrazine groups is 1. The van der Waals surface area contributed by atoms with E-state index in [9.17, 15) is 14.0 Å². The van der Waals surface area contributed by atoms with Crippen molar-refractivity contribution in [3.8, 4) is 5.75 Å². The summed E-state index contributed by atoms with van der Waals surface area (Å²) in [7, 11) is 0. The topological polar surface area (TPSA) is 67.9 Å². The summed E-state index contributed by atoms with van der Waals surface area (Å²) >= 11 is 0. The zero-order valence-electron chi connectivity index (χ0n) is 11.5. The number of hydrogen-bond donors (Lipinski definition) is 1. The Morgan fingerprint density at radius 1 is 1.43 bits per heavy atom. The number of benzene rings is 1. The first kappa shape index (κ1) is 15.1. The molecule has 0 aromatic heterocycles. The summed E-state index contributed by atoms with van der Waals surface area (Å²) in [4.78, 5) is 22.7. The van der Waals surface area contributed by atoms with Crippen molar-refractivity contribution in [2.24, 2.45) is 0 Å². The molecular formula is C14H17FN2O4. The van der Waals surface area contributed by atoms with Crippen LogP contribution >= 0.6 is 0 Å². The predicted molar refractivity (Wildman–Crippen MR) is 71.9 cm³/mol. The molecule has 1 N–H and O–H groups in total. The molecule has 1 saturated heterocycles. The molecule has 1 aromatic rings. The Hall–Kier alpha value is -2.31. The van der Waals surface area contributed by atoms with Gasteiger partial charge in [-0.1, -0.05) is 6.07 Å². The highest BCUT2D eigenvalue weighted by Gasteiger charge is 2.23. The van der Waals surface area contributed by atoms with Crippen LogP contribution in [0.25, 0.3) is 0 Å². The van der Waals surface area contributed by atoms with Gasteiger partial charge in [-0.15, -0.1) is 0 Å². The molecule has 0 atom stereocenters. The van der Waals surface area contributed by atoms with Crippen LogP contribution in [0, 0.1) is 5.82 Å². The number of ether oxygens (including phenoxy) is 2. The van der Waals surface area contributed by atoms with Crippen LogP contribution in [-0.4, -0.2) is 36.8 Å². The molecule has 7 heteroatoms. The molecular weight excluding hydrogens is 279 g/mol. The minimum absolute atomic E-state index is 0.236. The molecule has 1 aliphatic rings. The Balaban J connectivity index is 1.57. The van der Waals surface area contributed by atoms with Crippen LogP contribution in [-0.2, 0) is 9.53 Å². The van der Waals surface area contributed by atoms with Gasteiger partial charge >= 0.3 is 6.09 Å². The first-order valence-corrected chi connectivity index (χ1v) is 6.77. The molecule has 0 unspecified atom stereocenters. The van der Waals surface area contributed by atoms with Crippen molar-refractivity contribution in [3.05, 3.63) is 30.1 Å². The van der Waals surface area contributed by atoms with E-state index in [1.165, 1.54) is 12.1 Å². The number of hydrogen-bond acceptors (Lipinski definition) is 4. The minimum Gasteiger partial charge on any atom is -0.493 e. The Morgan fingerprint density at radius 2 is 2.29 bits per heavy atom. The molecule has 0 aliphatic carbocycles. The van der Waals surface area contributed by atoms with Gasteiger partial charge < -0.3 is 9.47 Å². The molecule has 0 radical (unpaired) electrons. The fourth-order valence-electron chi connectivity index (χ4n) is 1.84. The maximum atomic E-state index is 12.9. The van der Waals surface area contributed by atoms with Gasteiger partial charge in [0.05, 0.1) is 13.2 Å². The Kier molecular flexibility index (Phi) is 5.36. The summed E-state index contributed by atoms with van der Waals surface area (Å²) in [5, 5.41) is 1.16. The first-order valence-electron chi connectivity index (χ1n) is 6.77. The van der Waals surface area contributed by atoms with Crippen molar-refractivity contribution in [1.29, 1.82) is 0 Å². The molecule has 2 rings (SSSR count). The lowest BCUT2D eigenvalue weighted by atomic mass is 10.2. The summed E-state index contributed by atoms with van der Waals surface area (Å²) in [5.41, 5.74) is 2.47. The van der Waals surface area contributed by atoms with E-state index in [2.05, 4.69) is 10.2 Å². The lowest BCUT2D eigenvalue weighted by Crippen LogP contribution is -2.42. The van der Waals surface area contributed by atoms with E-state index in [1.807, 2.05) is 0 Å². The van der Waals surface area contributed by atoms with Crippen molar-refractivity contribution in [1.82, 2.24) is 10.4 Å². The van der Waals surface area contributed by atoms with Crippen LogP contribution in [0.4, 0.5) is 9.18 Å². The number of carbonyl (C=O) groups is 2. The molecule has 114 valence electrons. The van der Waals surface area contributed by atoms with E-state index in [0.717, 1.165) is 5.01 Å². The number of amides is 2. The van der Waals surface area contributed by atoms with Crippen molar-refractivity contribution < 1.29 is 23.5 Å². The summed E-state index contributed by atoms with van der Waals surface area (Å²) < 4.78 is 23.0. The standard InChI is InChI=1S/C14H17FN2O4/c15-11-4-3-5-12(10-11)20-8-2-1-6-13(18)16-17-7-9-21-14(17)19/h3-5,10H,1-2,6-9H2,(H,16,18). The SMILES string of the molecule is O=C(CCCCOc1cccc(F)c1)NN1CCOC1=O. The third kappa shape index (κ3) is 4.94. The van der Waals surface area contributed by atoms with E-state index >= 15 is 0 Å².